The number of carbonyl (C=O) groups excluding carboxylic acids is 2. The Morgan fingerprint density at radius 2 is 1.43 bits per heavy atom. The summed E-state index contributed by atoms with van der Waals surface area (Å²) in [6.45, 7) is 5.53. The normalized spacial score (nSPS) is 10.6. The first-order valence-corrected chi connectivity index (χ1v) is 8.85. The van der Waals surface area contributed by atoms with Crippen molar-refractivity contribution in [3.8, 4) is 22.9 Å². The summed E-state index contributed by atoms with van der Waals surface area (Å²) in [7, 11) is 0. The van der Waals surface area contributed by atoms with Crippen molar-refractivity contribution in [3.63, 3.8) is 0 Å². The number of esters is 2. The van der Waals surface area contributed by atoms with Gasteiger partial charge in [0.05, 0.1) is 18.0 Å². The molecule has 6 nitrogen and oxygen atoms in total. The molecular formula is C22H20N2O4. The largest absolute Gasteiger partial charge is 0.427 e. The fraction of sp³-hybridized carbons (Fsp3) is 0.182. The second-order valence-corrected chi connectivity index (χ2v) is 6.53. The molecule has 6 heteroatoms. The van der Waals surface area contributed by atoms with Crippen LogP contribution in [0, 0.1) is 0 Å². The molecule has 0 aliphatic rings. The molecule has 1 aromatic heterocycles. The number of aromatic nitrogens is 2. The lowest BCUT2D eigenvalue weighted by molar-refractivity contribution is -0.131. The SMILES string of the molecule is CC(=O)Oc1ccc(-c2ncc(OC(=O)c3ccc(C(C)C)cc3)cn2)cc1. The predicted octanol–water partition coefficient (Wildman–Crippen LogP) is 4.41. The first kappa shape index (κ1) is 19.2. The summed E-state index contributed by atoms with van der Waals surface area (Å²) in [5, 5.41) is 0. The van der Waals surface area contributed by atoms with E-state index in [-0.39, 0.29) is 11.7 Å². The molecule has 1 heterocycles. The summed E-state index contributed by atoms with van der Waals surface area (Å²) in [5.41, 5.74) is 2.37. The third-order valence-corrected chi connectivity index (χ3v) is 4.03. The van der Waals surface area contributed by atoms with E-state index in [0.29, 0.717) is 23.1 Å². The summed E-state index contributed by atoms with van der Waals surface area (Å²) < 4.78 is 10.3. The fourth-order valence-corrected chi connectivity index (χ4v) is 2.53. The van der Waals surface area contributed by atoms with Crippen LogP contribution in [0.15, 0.2) is 60.9 Å². The third-order valence-electron chi connectivity index (χ3n) is 4.03. The van der Waals surface area contributed by atoms with Gasteiger partial charge in [-0.2, -0.15) is 0 Å². The van der Waals surface area contributed by atoms with E-state index in [2.05, 4.69) is 23.8 Å². The molecule has 0 saturated heterocycles. The van der Waals surface area contributed by atoms with Crippen LogP contribution < -0.4 is 9.47 Å². The second kappa shape index (κ2) is 8.43. The molecule has 0 saturated carbocycles. The molecule has 142 valence electrons. The summed E-state index contributed by atoms with van der Waals surface area (Å²) in [6.07, 6.45) is 2.89. The van der Waals surface area contributed by atoms with E-state index in [9.17, 15) is 9.59 Å². The van der Waals surface area contributed by atoms with Crippen molar-refractivity contribution in [2.75, 3.05) is 0 Å². The van der Waals surface area contributed by atoms with Gasteiger partial charge in [0.15, 0.2) is 11.6 Å². The smallest absolute Gasteiger partial charge is 0.343 e. The van der Waals surface area contributed by atoms with Gasteiger partial charge < -0.3 is 9.47 Å². The van der Waals surface area contributed by atoms with Crippen molar-refractivity contribution < 1.29 is 19.1 Å². The Morgan fingerprint density at radius 3 is 1.96 bits per heavy atom. The van der Waals surface area contributed by atoms with E-state index in [1.54, 1.807) is 36.4 Å². The van der Waals surface area contributed by atoms with Crippen LogP contribution >= 0.6 is 0 Å². The second-order valence-electron chi connectivity index (χ2n) is 6.53. The van der Waals surface area contributed by atoms with E-state index in [1.807, 2.05) is 12.1 Å². The van der Waals surface area contributed by atoms with E-state index in [4.69, 9.17) is 9.47 Å². The first-order valence-electron chi connectivity index (χ1n) is 8.85. The monoisotopic (exact) mass is 376 g/mol. The van der Waals surface area contributed by atoms with Gasteiger partial charge in [-0.1, -0.05) is 26.0 Å². The minimum atomic E-state index is -0.461. The van der Waals surface area contributed by atoms with E-state index < -0.39 is 5.97 Å². The molecule has 0 amide bonds. The van der Waals surface area contributed by atoms with Crippen LogP contribution in [0.5, 0.6) is 11.5 Å². The number of carbonyl (C=O) groups is 2. The number of nitrogens with zero attached hydrogens (tertiary/aromatic N) is 2. The average molecular weight is 376 g/mol. The highest BCUT2D eigenvalue weighted by molar-refractivity contribution is 5.91. The summed E-state index contributed by atoms with van der Waals surface area (Å²) in [4.78, 5) is 31.7. The van der Waals surface area contributed by atoms with Crippen molar-refractivity contribution >= 4 is 11.9 Å². The highest BCUT2D eigenvalue weighted by Gasteiger charge is 2.11. The van der Waals surface area contributed by atoms with Gasteiger partial charge in [-0.15, -0.1) is 0 Å². The van der Waals surface area contributed by atoms with Gasteiger partial charge in [0.1, 0.15) is 5.75 Å². The van der Waals surface area contributed by atoms with Crippen LogP contribution in [0.2, 0.25) is 0 Å². The van der Waals surface area contributed by atoms with Gasteiger partial charge in [-0.05, 0) is 47.9 Å². The van der Waals surface area contributed by atoms with E-state index in [1.165, 1.54) is 19.3 Å². The molecule has 3 rings (SSSR count). The molecular weight excluding hydrogens is 356 g/mol. The van der Waals surface area contributed by atoms with Crippen LogP contribution in [-0.4, -0.2) is 21.9 Å². The van der Waals surface area contributed by atoms with Crippen molar-refractivity contribution in [1.82, 2.24) is 9.97 Å². The van der Waals surface area contributed by atoms with Crippen molar-refractivity contribution in [2.24, 2.45) is 0 Å². The van der Waals surface area contributed by atoms with Crippen LogP contribution in [0.4, 0.5) is 0 Å². The van der Waals surface area contributed by atoms with Gasteiger partial charge in [-0.25, -0.2) is 14.8 Å². The maximum Gasteiger partial charge on any atom is 0.343 e. The molecule has 0 atom stereocenters. The summed E-state index contributed by atoms with van der Waals surface area (Å²) in [6, 6.07) is 14.1. The Balaban J connectivity index is 1.67. The van der Waals surface area contributed by atoms with Crippen LogP contribution in [-0.2, 0) is 4.79 Å². The minimum absolute atomic E-state index is 0.262. The molecule has 0 aliphatic carbocycles. The lowest BCUT2D eigenvalue weighted by atomic mass is 10.0. The van der Waals surface area contributed by atoms with Gasteiger partial charge in [0.2, 0.25) is 0 Å². The van der Waals surface area contributed by atoms with Gasteiger partial charge in [-0.3, -0.25) is 4.79 Å². The van der Waals surface area contributed by atoms with Crippen molar-refractivity contribution in [3.05, 3.63) is 72.1 Å². The molecule has 28 heavy (non-hydrogen) atoms. The average Bonchev–Trinajstić information content (AvgIpc) is 2.69. The van der Waals surface area contributed by atoms with E-state index >= 15 is 0 Å². The maximum atomic E-state index is 12.3. The summed E-state index contributed by atoms with van der Waals surface area (Å²) in [5.74, 6) is 0.736. The lowest BCUT2D eigenvalue weighted by Crippen LogP contribution is -2.09. The van der Waals surface area contributed by atoms with Gasteiger partial charge >= 0.3 is 11.9 Å². The molecule has 0 bridgehead atoms. The van der Waals surface area contributed by atoms with Gasteiger partial charge in [0, 0.05) is 12.5 Å². The zero-order chi connectivity index (χ0) is 20.1. The Bertz CT molecular complexity index is 963. The Hall–Kier alpha value is -3.54. The molecule has 0 unspecified atom stereocenters. The number of hydrogen-bond donors (Lipinski definition) is 0. The van der Waals surface area contributed by atoms with E-state index in [0.717, 1.165) is 11.1 Å². The lowest BCUT2D eigenvalue weighted by Gasteiger charge is -2.07. The molecule has 3 aromatic rings. The number of hydrogen-bond acceptors (Lipinski definition) is 6. The van der Waals surface area contributed by atoms with Crippen LogP contribution in [0.25, 0.3) is 11.4 Å². The highest BCUT2D eigenvalue weighted by atomic mass is 16.5. The molecule has 0 fully saturated rings. The molecule has 0 radical (unpaired) electrons. The quantitative estimate of drug-likeness (QED) is 0.485. The molecule has 2 aromatic carbocycles. The minimum Gasteiger partial charge on any atom is -0.427 e. The molecule has 0 aliphatic heterocycles. The van der Waals surface area contributed by atoms with Crippen LogP contribution in [0.3, 0.4) is 0 Å². The molecule has 0 N–H and O–H groups in total. The zero-order valence-corrected chi connectivity index (χ0v) is 15.9. The number of rotatable bonds is 5. The topological polar surface area (TPSA) is 78.4 Å². The third kappa shape index (κ3) is 4.79. The van der Waals surface area contributed by atoms with Crippen LogP contribution in [0.1, 0.15) is 42.6 Å². The zero-order valence-electron chi connectivity index (χ0n) is 15.9. The number of benzene rings is 2. The Morgan fingerprint density at radius 1 is 0.821 bits per heavy atom. The predicted molar refractivity (Wildman–Crippen MR) is 104 cm³/mol. The number of ether oxygens (including phenoxy) is 2. The van der Waals surface area contributed by atoms with Gasteiger partial charge in [0.25, 0.3) is 0 Å². The summed E-state index contributed by atoms with van der Waals surface area (Å²) >= 11 is 0. The van der Waals surface area contributed by atoms with Crippen molar-refractivity contribution in [1.29, 1.82) is 0 Å². The molecule has 0 spiro atoms. The Labute approximate surface area is 163 Å². The Kier molecular flexibility index (Phi) is 5.79. The maximum absolute atomic E-state index is 12.3. The highest BCUT2D eigenvalue weighted by Crippen LogP contribution is 2.21. The standard InChI is InChI=1S/C22H20N2O4/c1-14(2)16-4-6-18(7-5-16)22(26)28-20-12-23-21(24-13-20)17-8-10-19(11-9-17)27-15(3)25/h4-14H,1-3H3. The van der Waals surface area contributed by atoms with Crippen molar-refractivity contribution in [2.45, 2.75) is 26.7 Å². The fourth-order valence-electron chi connectivity index (χ4n) is 2.53. The first-order chi connectivity index (χ1) is 13.4.